The van der Waals surface area contributed by atoms with E-state index in [2.05, 4.69) is 21.2 Å². The molecule has 1 heterocycles. The molecule has 0 aliphatic carbocycles. The van der Waals surface area contributed by atoms with Crippen LogP contribution in [0.4, 0.5) is 4.39 Å². The van der Waals surface area contributed by atoms with Gasteiger partial charge in [-0.2, -0.15) is 0 Å². The Morgan fingerprint density at radius 1 is 1.47 bits per heavy atom. The van der Waals surface area contributed by atoms with E-state index in [0.717, 1.165) is 31.5 Å². The first kappa shape index (κ1) is 12.6. The van der Waals surface area contributed by atoms with Crippen LogP contribution in [0.15, 0.2) is 10.5 Å². The number of benzene rings is 1. The predicted molar refractivity (Wildman–Crippen MR) is 67.2 cm³/mol. The molecule has 1 aliphatic heterocycles. The van der Waals surface area contributed by atoms with Gasteiger partial charge >= 0.3 is 0 Å². The lowest BCUT2D eigenvalue weighted by molar-refractivity contribution is 0.344. The zero-order chi connectivity index (χ0) is 12.4. The fourth-order valence-electron chi connectivity index (χ4n) is 2.30. The van der Waals surface area contributed by atoms with Crippen molar-refractivity contribution in [3.8, 4) is 11.5 Å². The molecule has 0 spiro atoms. The van der Waals surface area contributed by atoms with Crippen LogP contribution in [0.5, 0.6) is 11.5 Å². The van der Waals surface area contributed by atoms with Gasteiger partial charge < -0.3 is 15.2 Å². The topological polar surface area (TPSA) is 41.5 Å². The van der Waals surface area contributed by atoms with Crippen LogP contribution in [0.2, 0.25) is 0 Å². The van der Waals surface area contributed by atoms with Gasteiger partial charge in [0.15, 0.2) is 17.3 Å². The second kappa shape index (κ2) is 5.23. The lowest BCUT2D eigenvalue weighted by Crippen LogP contribution is -2.27. The number of piperidine rings is 1. The highest BCUT2D eigenvalue weighted by Gasteiger charge is 2.25. The summed E-state index contributed by atoms with van der Waals surface area (Å²) >= 11 is 3.36. The number of rotatable bonds is 2. The molecule has 1 fully saturated rings. The molecule has 0 saturated carbocycles. The Hall–Kier alpha value is -0.810. The Morgan fingerprint density at radius 2 is 2.12 bits per heavy atom. The molecule has 2 N–H and O–H groups in total. The van der Waals surface area contributed by atoms with Gasteiger partial charge in [0.05, 0.1) is 7.11 Å². The smallest absolute Gasteiger partial charge is 0.194 e. The summed E-state index contributed by atoms with van der Waals surface area (Å²) in [4.78, 5) is 0. The Labute approximate surface area is 108 Å². The number of nitrogens with one attached hydrogen (secondary N) is 1. The van der Waals surface area contributed by atoms with Crippen LogP contribution >= 0.6 is 15.9 Å². The Balaban J connectivity index is 2.47. The molecule has 0 bridgehead atoms. The summed E-state index contributed by atoms with van der Waals surface area (Å²) in [6, 6.07) is 1.30. The minimum atomic E-state index is -0.661. The first-order valence-electron chi connectivity index (χ1n) is 5.60. The zero-order valence-electron chi connectivity index (χ0n) is 9.59. The molecule has 0 atom stereocenters. The second-order valence-electron chi connectivity index (χ2n) is 4.16. The van der Waals surface area contributed by atoms with Gasteiger partial charge in [-0.25, -0.2) is 4.39 Å². The maximum atomic E-state index is 13.4. The van der Waals surface area contributed by atoms with E-state index in [1.54, 1.807) is 0 Å². The highest BCUT2D eigenvalue weighted by molar-refractivity contribution is 9.10. The van der Waals surface area contributed by atoms with Crippen molar-refractivity contribution in [1.29, 1.82) is 0 Å². The van der Waals surface area contributed by atoms with E-state index in [9.17, 15) is 9.50 Å². The molecule has 3 nitrogen and oxygen atoms in total. The molecule has 1 saturated heterocycles. The van der Waals surface area contributed by atoms with Gasteiger partial charge in [-0.05, 0) is 37.9 Å². The van der Waals surface area contributed by atoms with Crippen molar-refractivity contribution >= 4 is 15.9 Å². The standard InChI is InChI=1S/C12H15BrFNO2/c1-17-12-10(7-2-4-15-5-3-7)8(13)6-9(14)11(12)16/h6-7,15-16H,2-5H2,1H3. The summed E-state index contributed by atoms with van der Waals surface area (Å²) in [5.74, 6) is -0.522. The first-order valence-corrected chi connectivity index (χ1v) is 6.40. The van der Waals surface area contributed by atoms with Crippen molar-refractivity contribution in [1.82, 2.24) is 5.32 Å². The van der Waals surface area contributed by atoms with Crippen LogP contribution in [0, 0.1) is 5.82 Å². The third-order valence-corrected chi connectivity index (χ3v) is 3.80. The molecule has 0 aromatic heterocycles. The number of ether oxygens (including phenoxy) is 1. The quantitative estimate of drug-likeness (QED) is 0.883. The Kier molecular flexibility index (Phi) is 3.89. The number of hydrogen-bond acceptors (Lipinski definition) is 3. The van der Waals surface area contributed by atoms with E-state index in [-0.39, 0.29) is 11.7 Å². The zero-order valence-corrected chi connectivity index (χ0v) is 11.2. The molecule has 94 valence electrons. The van der Waals surface area contributed by atoms with Gasteiger partial charge in [0, 0.05) is 10.0 Å². The predicted octanol–water partition coefficient (Wildman–Crippen LogP) is 2.77. The normalized spacial score (nSPS) is 17.1. The SMILES string of the molecule is COc1c(O)c(F)cc(Br)c1C1CCNCC1. The van der Waals surface area contributed by atoms with E-state index >= 15 is 0 Å². The number of halogens is 2. The van der Waals surface area contributed by atoms with Gasteiger partial charge in [-0.3, -0.25) is 0 Å². The lowest BCUT2D eigenvalue weighted by atomic mass is 9.89. The number of methoxy groups -OCH3 is 1. The summed E-state index contributed by atoms with van der Waals surface area (Å²) < 4.78 is 19.2. The van der Waals surface area contributed by atoms with Gasteiger partial charge in [0.25, 0.3) is 0 Å². The van der Waals surface area contributed by atoms with Crippen LogP contribution in [-0.2, 0) is 0 Å². The lowest BCUT2D eigenvalue weighted by Gasteiger charge is -2.26. The minimum absolute atomic E-state index is 0.253. The van der Waals surface area contributed by atoms with Crippen LogP contribution in [0.1, 0.15) is 24.3 Å². The van der Waals surface area contributed by atoms with Crippen LogP contribution in [-0.4, -0.2) is 25.3 Å². The third kappa shape index (κ3) is 2.40. The molecule has 1 aliphatic rings. The number of hydrogen-bond donors (Lipinski definition) is 2. The van der Waals surface area contributed by atoms with Crippen molar-refractivity contribution in [2.75, 3.05) is 20.2 Å². The van der Waals surface area contributed by atoms with Gasteiger partial charge in [-0.15, -0.1) is 0 Å². The fourth-order valence-corrected chi connectivity index (χ4v) is 3.00. The molecule has 5 heteroatoms. The maximum Gasteiger partial charge on any atom is 0.194 e. The van der Waals surface area contributed by atoms with E-state index in [0.29, 0.717) is 4.47 Å². The van der Waals surface area contributed by atoms with Crippen LogP contribution in [0.3, 0.4) is 0 Å². The van der Waals surface area contributed by atoms with Gasteiger partial charge in [0.1, 0.15) is 0 Å². The fraction of sp³-hybridized carbons (Fsp3) is 0.500. The molecule has 2 rings (SSSR count). The molecule has 0 radical (unpaired) electrons. The first-order chi connectivity index (χ1) is 8.15. The summed E-state index contributed by atoms with van der Waals surface area (Å²) in [6.07, 6.45) is 1.92. The second-order valence-corrected chi connectivity index (χ2v) is 5.01. The summed E-state index contributed by atoms with van der Waals surface area (Å²) in [7, 11) is 1.45. The summed E-state index contributed by atoms with van der Waals surface area (Å²) in [6.45, 7) is 1.86. The van der Waals surface area contributed by atoms with Crippen LogP contribution in [0.25, 0.3) is 0 Å². The highest BCUT2D eigenvalue weighted by Crippen LogP contribution is 2.44. The molecular weight excluding hydrogens is 289 g/mol. The Morgan fingerprint density at radius 3 is 2.71 bits per heavy atom. The molecular formula is C12H15BrFNO2. The van der Waals surface area contributed by atoms with Crippen molar-refractivity contribution in [3.63, 3.8) is 0 Å². The highest BCUT2D eigenvalue weighted by atomic mass is 79.9. The largest absolute Gasteiger partial charge is 0.502 e. The molecule has 17 heavy (non-hydrogen) atoms. The van der Waals surface area contributed by atoms with Crippen molar-refractivity contribution in [2.24, 2.45) is 0 Å². The van der Waals surface area contributed by atoms with Crippen molar-refractivity contribution < 1.29 is 14.2 Å². The number of phenols is 1. The summed E-state index contributed by atoms with van der Waals surface area (Å²) in [5.41, 5.74) is 0.868. The third-order valence-electron chi connectivity index (χ3n) is 3.15. The summed E-state index contributed by atoms with van der Waals surface area (Å²) in [5, 5.41) is 13.0. The number of aromatic hydroxyl groups is 1. The van der Waals surface area contributed by atoms with E-state index in [1.165, 1.54) is 13.2 Å². The van der Waals surface area contributed by atoms with Gasteiger partial charge in [-0.1, -0.05) is 15.9 Å². The molecule has 0 unspecified atom stereocenters. The maximum absolute atomic E-state index is 13.4. The minimum Gasteiger partial charge on any atom is -0.502 e. The monoisotopic (exact) mass is 303 g/mol. The molecule has 1 aromatic rings. The molecule has 1 aromatic carbocycles. The van der Waals surface area contributed by atoms with E-state index in [1.807, 2.05) is 0 Å². The van der Waals surface area contributed by atoms with Crippen LogP contribution < -0.4 is 10.1 Å². The average Bonchev–Trinajstić information content (AvgIpc) is 2.34. The van der Waals surface area contributed by atoms with Gasteiger partial charge in [0.2, 0.25) is 0 Å². The average molecular weight is 304 g/mol. The van der Waals surface area contributed by atoms with E-state index in [4.69, 9.17) is 4.74 Å². The van der Waals surface area contributed by atoms with Crippen molar-refractivity contribution in [2.45, 2.75) is 18.8 Å². The van der Waals surface area contributed by atoms with Crippen molar-refractivity contribution in [3.05, 3.63) is 21.9 Å². The Bertz CT molecular complexity index is 419. The van der Waals surface area contributed by atoms with E-state index < -0.39 is 11.6 Å². The number of phenolic OH excluding ortho intramolecular Hbond substituents is 1. The molecule has 0 amide bonds.